The number of aryl methyl sites for hydroxylation is 1. The summed E-state index contributed by atoms with van der Waals surface area (Å²) in [5, 5.41) is 5.03. The van der Waals surface area contributed by atoms with Crippen LogP contribution in [0.3, 0.4) is 0 Å². The Morgan fingerprint density at radius 1 is 1.41 bits per heavy atom. The van der Waals surface area contributed by atoms with E-state index in [0.29, 0.717) is 18.8 Å². The van der Waals surface area contributed by atoms with Gasteiger partial charge in [0.25, 0.3) is 0 Å². The third kappa shape index (κ3) is 4.10. The summed E-state index contributed by atoms with van der Waals surface area (Å²) in [6, 6.07) is 4.54. The fourth-order valence-corrected chi connectivity index (χ4v) is 1.90. The molecule has 0 aliphatic heterocycles. The Hall–Kier alpha value is -1.51. The average Bonchev–Trinajstić information content (AvgIpc) is 2.24. The molecule has 0 bridgehead atoms. The molecule has 0 unspecified atom stereocenters. The van der Waals surface area contributed by atoms with Crippen LogP contribution >= 0.6 is 0 Å². The second-order valence-corrected chi connectivity index (χ2v) is 5.06. The topological polar surface area (TPSA) is 69.4 Å². The molecule has 5 heteroatoms. The van der Waals surface area contributed by atoms with Gasteiger partial charge in [-0.15, -0.1) is 11.8 Å². The zero-order chi connectivity index (χ0) is 12.9. The molecule has 0 atom stereocenters. The first-order chi connectivity index (χ1) is 7.95. The number of sulfonamides is 1. The van der Waals surface area contributed by atoms with Gasteiger partial charge in [-0.1, -0.05) is 0 Å². The Morgan fingerprint density at radius 3 is 2.65 bits per heavy atom. The van der Waals surface area contributed by atoms with Crippen molar-refractivity contribution in [2.75, 3.05) is 6.61 Å². The molecule has 92 valence electrons. The highest BCUT2D eigenvalue weighted by molar-refractivity contribution is 7.89. The van der Waals surface area contributed by atoms with Gasteiger partial charge in [-0.25, -0.2) is 13.6 Å². The lowest BCUT2D eigenvalue weighted by Crippen LogP contribution is -2.12. The van der Waals surface area contributed by atoms with Crippen molar-refractivity contribution in [1.82, 2.24) is 0 Å². The standard InChI is InChI=1S/C12H15NO3S/c1-3-4-5-8-16-12-7-6-11(9-10(12)2)17(13,14)15/h6-7,9H,5,8H2,1-2H3,(H2,13,14,15). The molecule has 0 saturated carbocycles. The van der Waals surface area contributed by atoms with Crippen molar-refractivity contribution in [3.8, 4) is 17.6 Å². The van der Waals surface area contributed by atoms with Crippen LogP contribution in [0, 0.1) is 18.8 Å². The van der Waals surface area contributed by atoms with Crippen LogP contribution in [0.4, 0.5) is 0 Å². The molecular weight excluding hydrogens is 238 g/mol. The minimum atomic E-state index is -3.65. The van der Waals surface area contributed by atoms with Gasteiger partial charge in [-0.3, -0.25) is 0 Å². The van der Waals surface area contributed by atoms with Gasteiger partial charge in [-0.2, -0.15) is 0 Å². The van der Waals surface area contributed by atoms with Gasteiger partial charge < -0.3 is 4.74 Å². The van der Waals surface area contributed by atoms with E-state index in [1.165, 1.54) is 12.1 Å². The fourth-order valence-electron chi connectivity index (χ4n) is 1.30. The second kappa shape index (κ2) is 5.71. The van der Waals surface area contributed by atoms with E-state index in [-0.39, 0.29) is 4.90 Å². The number of ether oxygens (including phenoxy) is 1. The van der Waals surface area contributed by atoms with E-state index in [0.717, 1.165) is 5.56 Å². The summed E-state index contributed by atoms with van der Waals surface area (Å²) < 4.78 is 27.7. The molecule has 1 aromatic carbocycles. The maximum absolute atomic E-state index is 11.1. The van der Waals surface area contributed by atoms with E-state index in [9.17, 15) is 8.42 Å². The quantitative estimate of drug-likeness (QED) is 0.652. The summed E-state index contributed by atoms with van der Waals surface area (Å²) in [5.41, 5.74) is 0.737. The molecule has 0 aliphatic rings. The lowest BCUT2D eigenvalue weighted by atomic mass is 10.2. The largest absolute Gasteiger partial charge is 0.492 e. The third-order valence-corrected chi connectivity index (χ3v) is 3.05. The third-order valence-electron chi connectivity index (χ3n) is 2.14. The van der Waals surface area contributed by atoms with Gasteiger partial charge in [0.05, 0.1) is 11.5 Å². The summed E-state index contributed by atoms with van der Waals surface area (Å²) in [6.07, 6.45) is 0.646. The maximum Gasteiger partial charge on any atom is 0.238 e. The molecule has 0 amide bonds. The van der Waals surface area contributed by atoms with E-state index < -0.39 is 10.0 Å². The second-order valence-electron chi connectivity index (χ2n) is 3.50. The van der Waals surface area contributed by atoms with Crippen molar-refractivity contribution < 1.29 is 13.2 Å². The first kappa shape index (κ1) is 13.6. The highest BCUT2D eigenvalue weighted by Gasteiger charge is 2.09. The van der Waals surface area contributed by atoms with Crippen molar-refractivity contribution in [3.05, 3.63) is 23.8 Å². The molecule has 0 aromatic heterocycles. The minimum Gasteiger partial charge on any atom is -0.492 e. The normalized spacial score (nSPS) is 10.5. The van der Waals surface area contributed by atoms with Crippen molar-refractivity contribution in [1.29, 1.82) is 0 Å². The summed E-state index contributed by atoms with van der Waals surface area (Å²) in [6.45, 7) is 4.03. The molecule has 1 aromatic rings. The monoisotopic (exact) mass is 253 g/mol. The molecule has 0 radical (unpaired) electrons. The number of benzene rings is 1. The van der Waals surface area contributed by atoms with E-state index in [1.807, 2.05) is 0 Å². The Kier molecular flexibility index (Phi) is 4.55. The molecule has 4 nitrogen and oxygen atoms in total. The van der Waals surface area contributed by atoms with E-state index in [2.05, 4.69) is 11.8 Å². The van der Waals surface area contributed by atoms with Crippen molar-refractivity contribution >= 4 is 10.0 Å². The summed E-state index contributed by atoms with van der Waals surface area (Å²) in [5.74, 6) is 6.30. The Labute approximate surface area is 102 Å². The SMILES string of the molecule is CC#CCCOc1ccc(S(N)(=O)=O)cc1C. The Balaban J connectivity index is 2.79. The molecule has 17 heavy (non-hydrogen) atoms. The predicted octanol–water partition coefficient (Wildman–Crippen LogP) is 1.43. The Morgan fingerprint density at radius 2 is 2.12 bits per heavy atom. The number of primary sulfonamides is 1. The van der Waals surface area contributed by atoms with Crippen LogP contribution < -0.4 is 9.88 Å². The fraction of sp³-hybridized carbons (Fsp3) is 0.333. The summed E-state index contributed by atoms with van der Waals surface area (Å²) in [4.78, 5) is 0.0932. The molecule has 0 aliphatic carbocycles. The number of rotatable bonds is 4. The van der Waals surface area contributed by atoms with E-state index in [1.54, 1.807) is 19.9 Å². The summed E-state index contributed by atoms with van der Waals surface area (Å²) in [7, 11) is -3.65. The number of nitrogens with two attached hydrogens (primary N) is 1. The minimum absolute atomic E-state index is 0.0932. The van der Waals surface area contributed by atoms with Crippen LogP contribution in [0.15, 0.2) is 23.1 Å². The smallest absolute Gasteiger partial charge is 0.238 e. The molecule has 0 spiro atoms. The van der Waals surface area contributed by atoms with Crippen LogP contribution in [0.1, 0.15) is 18.9 Å². The molecule has 0 saturated heterocycles. The molecular formula is C12H15NO3S. The first-order valence-corrected chi connectivity index (χ1v) is 6.65. The van der Waals surface area contributed by atoms with Gasteiger partial charge in [0.2, 0.25) is 10.0 Å². The molecule has 1 rings (SSSR count). The highest BCUT2D eigenvalue weighted by atomic mass is 32.2. The number of hydrogen-bond acceptors (Lipinski definition) is 3. The lowest BCUT2D eigenvalue weighted by molar-refractivity contribution is 0.324. The lowest BCUT2D eigenvalue weighted by Gasteiger charge is -2.08. The van der Waals surface area contributed by atoms with E-state index in [4.69, 9.17) is 9.88 Å². The van der Waals surface area contributed by atoms with Gasteiger partial charge in [0.15, 0.2) is 0 Å². The highest BCUT2D eigenvalue weighted by Crippen LogP contribution is 2.21. The first-order valence-electron chi connectivity index (χ1n) is 5.11. The van der Waals surface area contributed by atoms with Crippen molar-refractivity contribution in [3.63, 3.8) is 0 Å². The van der Waals surface area contributed by atoms with Crippen LogP contribution in [0.5, 0.6) is 5.75 Å². The van der Waals surface area contributed by atoms with Crippen LogP contribution in [0.25, 0.3) is 0 Å². The van der Waals surface area contributed by atoms with Crippen molar-refractivity contribution in [2.24, 2.45) is 5.14 Å². The van der Waals surface area contributed by atoms with Gasteiger partial charge >= 0.3 is 0 Å². The zero-order valence-electron chi connectivity index (χ0n) is 9.86. The van der Waals surface area contributed by atoms with Crippen LogP contribution in [0.2, 0.25) is 0 Å². The Bertz CT molecular complexity index is 553. The van der Waals surface area contributed by atoms with Crippen molar-refractivity contribution in [2.45, 2.75) is 25.2 Å². The maximum atomic E-state index is 11.1. The van der Waals surface area contributed by atoms with Crippen LogP contribution in [-0.4, -0.2) is 15.0 Å². The molecule has 2 N–H and O–H groups in total. The zero-order valence-corrected chi connectivity index (χ0v) is 10.7. The predicted molar refractivity (Wildman–Crippen MR) is 66.1 cm³/mol. The van der Waals surface area contributed by atoms with Gasteiger partial charge in [-0.05, 0) is 37.6 Å². The van der Waals surface area contributed by atoms with Gasteiger partial charge in [0.1, 0.15) is 5.75 Å². The van der Waals surface area contributed by atoms with Gasteiger partial charge in [0, 0.05) is 6.42 Å². The molecule has 0 fully saturated rings. The average molecular weight is 253 g/mol. The number of hydrogen-bond donors (Lipinski definition) is 1. The molecule has 0 heterocycles. The van der Waals surface area contributed by atoms with Crippen LogP contribution in [-0.2, 0) is 10.0 Å². The summed E-state index contributed by atoms with van der Waals surface area (Å²) >= 11 is 0. The van der Waals surface area contributed by atoms with E-state index >= 15 is 0 Å².